The predicted octanol–water partition coefficient (Wildman–Crippen LogP) is 2.72. The quantitative estimate of drug-likeness (QED) is 0.745. The van der Waals surface area contributed by atoms with Crippen LogP contribution in [0, 0.1) is 0 Å². The average Bonchev–Trinajstić information content (AvgIpc) is 1.96. The Morgan fingerprint density at radius 3 is 1.00 bits per heavy atom. The first-order valence-corrected chi connectivity index (χ1v) is 8.86. The molecule has 0 aromatic heterocycles. The molecular formula is C14H32NO2P-2. The van der Waals surface area contributed by atoms with E-state index in [1.165, 1.54) is 0 Å². The third-order valence-electron chi connectivity index (χ3n) is 3.84. The Morgan fingerprint density at radius 1 is 0.722 bits per heavy atom. The van der Waals surface area contributed by atoms with Gasteiger partial charge in [0.25, 0.3) is 0 Å². The minimum atomic E-state index is -4.57. The Labute approximate surface area is 114 Å². The van der Waals surface area contributed by atoms with Gasteiger partial charge in [0, 0.05) is 0 Å². The summed E-state index contributed by atoms with van der Waals surface area (Å²) in [6.45, 7) is 18.7. The average molecular weight is 277 g/mol. The van der Waals surface area contributed by atoms with Crippen LogP contribution in [0.4, 0.5) is 0 Å². The van der Waals surface area contributed by atoms with Gasteiger partial charge in [-0.05, 0) is 0 Å². The molecule has 0 aliphatic rings. The van der Waals surface area contributed by atoms with E-state index in [2.05, 4.69) is 0 Å². The van der Waals surface area contributed by atoms with Gasteiger partial charge in [0.15, 0.2) is 0 Å². The summed E-state index contributed by atoms with van der Waals surface area (Å²) >= 11 is 0. The fourth-order valence-corrected chi connectivity index (χ4v) is 8.21. The fourth-order valence-electron chi connectivity index (χ4n) is 3.13. The van der Waals surface area contributed by atoms with E-state index in [0.29, 0.717) is 0 Å². The molecule has 4 heteroatoms. The molecule has 0 unspecified atom stereocenters. The molecule has 0 aliphatic heterocycles. The van der Waals surface area contributed by atoms with E-state index in [4.69, 9.17) is 0 Å². The Bertz CT molecular complexity index is 272. The van der Waals surface area contributed by atoms with Crippen molar-refractivity contribution in [2.24, 2.45) is 0 Å². The first-order chi connectivity index (χ1) is 7.58. The van der Waals surface area contributed by atoms with E-state index in [9.17, 15) is 9.79 Å². The second-order valence-corrected chi connectivity index (χ2v) is 12.8. The van der Waals surface area contributed by atoms with Crippen LogP contribution < -0.4 is 9.79 Å². The molecule has 0 spiro atoms. The molecule has 18 heavy (non-hydrogen) atoms. The third kappa shape index (κ3) is 2.35. The SMILES string of the molecule is CC(C)N(C(C)C)P([O-])([O-])(C(C)(C)C)C(C)(C)C. The summed E-state index contributed by atoms with van der Waals surface area (Å²) in [5.74, 6) is 0. The van der Waals surface area contributed by atoms with E-state index in [0.717, 1.165) is 0 Å². The van der Waals surface area contributed by atoms with Crippen LogP contribution in [0.25, 0.3) is 0 Å². The van der Waals surface area contributed by atoms with Crippen molar-refractivity contribution in [2.45, 2.75) is 91.6 Å². The maximum absolute atomic E-state index is 13.8. The van der Waals surface area contributed by atoms with Crippen molar-refractivity contribution >= 4 is 7.21 Å². The second-order valence-electron chi connectivity index (χ2n) is 7.82. The van der Waals surface area contributed by atoms with E-state index in [1.807, 2.05) is 69.2 Å². The van der Waals surface area contributed by atoms with Crippen LogP contribution in [-0.2, 0) is 0 Å². The molecule has 3 nitrogen and oxygen atoms in total. The normalized spacial score (nSPS) is 17.4. The summed E-state index contributed by atoms with van der Waals surface area (Å²) < 4.78 is 1.73. The van der Waals surface area contributed by atoms with E-state index >= 15 is 0 Å². The Morgan fingerprint density at radius 2 is 0.944 bits per heavy atom. The van der Waals surface area contributed by atoms with E-state index < -0.39 is 17.5 Å². The minimum absolute atomic E-state index is 0.0314. The van der Waals surface area contributed by atoms with Crippen LogP contribution in [0.5, 0.6) is 0 Å². The molecule has 0 rings (SSSR count). The topological polar surface area (TPSA) is 49.4 Å². The third-order valence-corrected chi connectivity index (χ3v) is 10.3. The maximum atomic E-state index is 13.8. The van der Waals surface area contributed by atoms with Gasteiger partial charge in [-0.2, -0.15) is 0 Å². The molecule has 112 valence electrons. The van der Waals surface area contributed by atoms with Gasteiger partial charge in [-0.25, -0.2) is 0 Å². The Hall–Kier alpha value is 0.310. The van der Waals surface area contributed by atoms with Gasteiger partial charge < -0.3 is 0 Å². The van der Waals surface area contributed by atoms with Crippen molar-refractivity contribution in [3.8, 4) is 0 Å². The molecule has 0 saturated heterocycles. The predicted molar refractivity (Wildman–Crippen MR) is 78.5 cm³/mol. The van der Waals surface area contributed by atoms with Gasteiger partial charge in [-0.1, -0.05) is 0 Å². The number of hydrogen-bond donors (Lipinski definition) is 0. The van der Waals surface area contributed by atoms with Gasteiger partial charge in [0.2, 0.25) is 0 Å². The molecule has 0 atom stereocenters. The van der Waals surface area contributed by atoms with Crippen molar-refractivity contribution in [3.05, 3.63) is 0 Å². The molecule has 0 fully saturated rings. The molecule has 0 saturated carbocycles. The summed E-state index contributed by atoms with van der Waals surface area (Å²) in [5.41, 5.74) is 0. The van der Waals surface area contributed by atoms with Crippen molar-refractivity contribution in [1.29, 1.82) is 0 Å². The molecule has 0 bridgehead atoms. The number of rotatable bonds is 3. The summed E-state index contributed by atoms with van der Waals surface area (Å²) in [4.78, 5) is 27.6. The van der Waals surface area contributed by atoms with Crippen LogP contribution in [0.3, 0.4) is 0 Å². The van der Waals surface area contributed by atoms with E-state index in [-0.39, 0.29) is 12.1 Å². The Balaban J connectivity index is 6.26. The van der Waals surface area contributed by atoms with Crippen molar-refractivity contribution < 1.29 is 9.79 Å². The number of nitrogens with zero attached hydrogens (tertiary/aromatic N) is 1. The van der Waals surface area contributed by atoms with Gasteiger partial charge in [0.1, 0.15) is 0 Å². The van der Waals surface area contributed by atoms with Gasteiger partial charge in [0.05, 0.1) is 0 Å². The molecule has 0 N–H and O–H groups in total. The van der Waals surface area contributed by atoms with E-state index in [1.54, 1.807) is 4.67 Å². The van der Waals surface area contributed by atoms with Gasteiger partial charge >= 0.3 is 113 Å². The molecule has 0 radical (unpaired) electrons. The molecular weight excluding hydrogens is 245 g/mol. The Kier molecular flexibility index (Phi) is 4.78. The standard InChI is InChI=1S/C14H32NO2P/c1-11(2)15(12(3)4)18(16,17,13(5,6)7)14(8,9)10/h11-12H,1-10H3/q-2. The zero-order valence-corrected chi connectivity index (χ0v) is 14.8. The van der Waals surface area contributed by atoms with Crippen LogP contribution in [-0.4, -0.2) is 27.1 Å². The van der Waals surface area contributed by atoms with Crippen LogP contribution in [0.15, 0.2) is 0 Å². The molecule has 0 amide bonds. The van der Waals surface area contributed by atoms with Crippen LogP contribution in [0.1, 0.15) is 69.2 Å². The van der Waals surface area contributed by atoms with Crippen molar-refractivity contribution in [2.75, 3.05) is 0 Å². The summed E-state index contributed by atoms with van der Waals surface area (Å²) in [6.07, 6.45) is 0. The number of hydrogen-bond acceptors (Lipinski definition) is 3. The molecule has 0 heterocycles. The summed E-state index contributed by atoms with van der Waals surface area (Å²) in [6, 6.07) is -0.0627. The first kappa shape index (κ1) is 18.3. The van der Waals surface area contributed by atoms with Crippen LogP contribution >= 0.6 is 7.21 Å². The molecule has 0 aromatic carbocycles. The zero-order valence-electron chi connectivity index (χ0n) is 13.9. The van der Waals surface area contributed by atoms with Gasteiger partial charge in [-0.3, -0.25) is 0 Å². The molecule has 0 aliphatic carbocycles. The summed E-state index contributed by atoms with van der Waals surface area (Å²) in [5, 5.41) is -1.59. The first-order valence-electron chi connectivity index (χ1n) is 6.84. The summed E-state index contributed by atoms with van der Waals surface area (Å²) in [7, 11) is -4.57. The second kappa shape index (κ2) is 4.70. The van der Waals surface area contributed by atoms with Crippen molar-refractivity contribution in [3.63, 3.8) is 0 Å². The fraction of sp³-hybridized carbons (Fsp3) is 1.00. The molecule has 0 aromatic rings. The van der Waals surface area contributed by atoms with Crippen LogP contribution in [0.2, 0.25) is 0 Å². The van der Waals surface area contributed by atoms with Gasteiger partial charge in [-0.15, -0.1) is 0 Å². The van der Waals surface area contributed by atoms with Crippen molar-refractivity contribution in [1.82, 2.24) is 4.67 Å². The zero-order chi connectivity index (χ0) is 15.2. The monoisotopic (exact) mass is 277 g/mol.